The van der Waals surface area contributed by atoms with Gasteiger partial charge in [-0.25, -0.2) is 15.0 Å². The Bertz CT molecular complexity index is 1520. The Morgan fingerprint density at radius 1 is 0.750 bits per heavy atom. The van der Waals surface area contributed by atoms with Crippen LogP contribution in [0.4, 0.5) is 23.3 Å². The fourth-order valence-electron chi connectivity index (χ4n) is 6.12. The number of carbonyl (C=O) groups excluding carboxylic acids is 2. The highest BCUT2D eigenvalue weighted by molar-refractivity contribution is 6.28. The minimum atomic E-state index is -0.184. The number of aromatic nitrogens is 4. The maximum Gasteiger partial charge on any atom is 0.310 e. The maximum absolute atomic E-state index is 12.0. The van der Waals surface area contributed by atoms with Crippen molar-refractivity contribution in [1.29, 1.82) is 0 Å². The van der Waals surface area contributed by atoms with Crippen molar-refractivity contribution in [2.45, 2.75) is 26.7 Å². The molecule has 4 atom stereocenters. The van der Waals surface area contributed by atoms with Gasteiger partial charge in [-0.1, -0.05) is 13.8 Å². The molecule has 0 amide bonds. The van der Waals surface area contributed by atoms with E-state index in [1.54, 1.807) is 51.9 Å². The van der Waals surface area contributed by atoms with Crippen molar-refractivity contribution >= 4 is 46.8 Å². The smallest absolute Gasteiger partial charge is 0.310 e. The standard InChI is InChI=1S/C21H28N4O5.C12H16ClN3O2/c1-13-8-14(20(26)30-5)12-25(11-13)18-6-7-22-21(24-18)23-15-9-16(27-2)19(29-4)17(10-15)28-3;1-8-5-9(11(17)18-2)7-16(6-8)10-3-4-14-12(13)15-10/h6-7,9-10,13-14H,8,11-12H2,1-5H3,(H,22,23,24);3-4,8-9H,5-7H2,1-2H3. The largest absolute Gasteiger partial charge is 0.493 e. The molecule has 0 saturated carbocycles. The van der Waals surface area contributed by atoms with Gasteiger partial charge in [0.2, 0.25) is 17.0 Å². The number of anilines is 4. The van der Waals surface area contributed by atoms with Crippen LogP contribution in [0.15, 0.2) is 36.7 Å². The van der Waals surface area contributed by atoms with Crippen LogP contribution in [0.1, 0.15) is 26.7 Å². The van der Waals surface area contributed by atoms with Crippen molar-refractivity contribution in [2.75, 3.05) is 76.8 Å². The average molecular weight is 686 g/mol. The molecule has 2 aliphatic rings. The van der Waals surface area contributed by atoms with E-state index >= 15 is 0 Å². The van der Waals surface area contributed by atoms with E-state index in [9.17, 15) is 9.59 Å². The summed E-state index contributed by atoms with van der Waals surface area (Å²) < 4.78 is 25.9. The van der Waals surface area contributed by atoms with Crippen molar-refractivity contribution < 1.29 is 33.3 Å². The molecule has 0 aliphatic carbocycles. The second-order valence-corrected chi connectivity index (χ2v) is 12.2. The van der Waals surface area contributed by atoms with Crippen LogP contribution < -0.4 is 29.3 Å². The zero-order chi connectivity index (χ0) is 34.8. The molecule has 3 aromatic rings. The second-order valence-electron chi connectivity index (χ2n) is 11.9. The van der Waals surface area contributed by atoms with Gasteiger partial charge in [0.15, 0.2) is 11.5 Å². The third kappa shape index (κ3) is 9.27. The second kappa shape index (κ2) is 17.0. The Hall–Kier alpha value is -4.59. The number of piperidine rings is 2. The maximum atomic E-state index is 12.0. The Morgan fingerprint density at radius 2 is 1.25 bits per heavy atom. The summed E-state index contributed by atoms with van der Waals surface area (Å²) in [6, 6.07) is 7.21. The summed E-state index contributed by atoms with van der Waals surface area (Å²) >= 11 is 5.79. The number of hydrogen-bond donors (Lipinski definition) is 1. The number of nitrogens with zero attached hydrogens (tertiary/aromatic N) is 6. The van der Waals surface area contributed by atoms with Crippen LogP contribution in [0.2, 0.25) is 5.28 Å². The van der Waals surface area contributed by atoms with Crippen LogP contribution in [0.5, 0.6) is 17.2 Å². The summed E-state index contributed by atoms with van der Waals surface area (Å²) in [5, 5.41) is 3.41. The first kappa shape index (κ1) is 36.2. The highest BCUT2D eigenvalue weighted by atomic mass is 35.5. The lowest BCUT2D eigenvalue weighted by Gasteiger charge is -2.36. The van der Waals surface area contributed by atoms with Crippen LogP contribution in [-0.2, 0) is 19.1 Å². The molecule has 260 valence electrons. The van der Waals surface area contributed by atoms with Crippen molar-refractivity contribution in [1.82, 2.24) is 19.9 Å². The minimum Gasteiger partial charge on any atom is -0.493 e. The predicted molar refractivity (Wildman–Crippen MR) is 181 cm³/mol. The van der Waals surface area contributed by atoms with Crippen molar-refractivity contribution in [3.05, 3.63) is 41.9 Å². The first-order chi connectivity index (χ1) is 23.1. The molecule has 2 saturated heterocycles. The van der Waals surface area contributed by atoms with E-state index in [1.807, 2.05) is 6.07 Å². The molecule has 4 heterocycles. The van der Waals surface area contributed by atoms with Gasteiger partial charge in [0.05, 0.1) is 47.4 Å². The van der Waals surface area contributed by atoms with Crippen LogP contribution in [0, 0.1) is 23.7 Å². The third-order valence-electron chi connectivity index (χ3n) is 8.21. The van der Waals surface area contributed by atoms with Gasteiger partial charge in [-0.3, -0.25) is 9.59 Å². The van der Waals surface area contributed by atoms with E-state index in [4.69, 9.17) is 35.3 Å². The minimum absolute atomic E-state index is 0.104. The summed E-state index contributed by atoms with van der Waals surface area (Å²) in [6.07, 6.45) is 4.97. The molecule has 2 aromatic heterocycles. The molecular weight excluding hydrogens is 642 g/mol. The van der Waals surface area contributed by atoms with Gasteiger partial charge >= 0.3 is 11.9 Å². The van der Waals surface area contributed by atoms with E-state index < -0.39 is 0 Å². The first-order valence-electron chi connectivity index (χ1n) is 15.6. The lowest BCUT2D eigenvalue weighted by Crippen LogP contribution is -2.43. The lowest BCUT2D eigenvalue weighted by molar-refractivity contribution is -0.146. The van der Waals surface area contributed by atoms with E-state index in [0.29, 0.717) is 53.8 Å². The fraction of sp³-hybridized carbons (Fsp3) is 0.515. The zero-order valence-corrected chi connectivity index (χ0v) is 29.2. The normalized spacial score (nSPS) is 20.5. The summed E-state index contributed by atoms with van der Waals surface area (Å²) in [6.45, 7) is 7.10. The molecule has 0 radical (unpaired) electrons. The van der Waals surface area contributed by atoms with Crippen molar-refractivity contribution in [3.63, 3.8) is 0 Å². The average Bonchev–Trinajstić information content (AvgIpc) is 3.10. The topological polar surface area (TPSA) is 150 Å². The molecule has 2 aliphatic heterocycles. The van der Waals surface area contributed by atoms with Gasteiger partial charge < -0.3 is 38.8 Å². The van der Waals surface area contributed by atoms with E-state index in [0.717, 1.165) is 37.6 Å². The van der Waals surface area contributed by atoms with Crippen LogP contribution >= 0.6 is 11.6 Å². The Labute approximate surface area is 286 Å². The summed E-state index contributed by atoms with van der Waals surface area (Å²) in [5.74, 6) is 3.65. The van der Waals surface area contributed by atoms with Crippen LogP contribution in [0.25, 0.3) is 0 Å². The number of rotatable bonds is 9. The predicted octanol–water partition coefficient (Wildman–Crippen LogP) is 4.65. The van der Waals surface area contributed by atoms with Crippen LogP contribution in [-0.4, -0.2) is 93.6 Å². The highest BCUT2D eigenvalue weighted by Crippen LogP contribution is 2.40. The quantitative estimate of drug-likeness (QED) is 0.246. The molecule has 1 N–H and O–H groups in total. The molecule has 15 heteroatoms. The Kier molecular flexibility index (Phi) is 12.8. The lowest BCUT2D eigenvalue weighted by atomic mass is 9.90. The van der Waals surface area contributed by atoms with Crippen molar-refractivity contribution in [2.24, 2.45) is 23.7 Å². The van der Waals surface area contributed by atoms with Crippen molar-refractivity contribution in [3.8, 4) is 17.2 Å². The molecule has 2 fully saturated rings. The number of carbonyl (C=O) groups is 2. The van der Waals surface area contributed by atoms with E-state index in [1.165, 1.54) is 14.2 Å². The monoisotopic (exact) mass is 685 g/mol. The molecule has 1 aromatic carbocycles. The number of ether oxygens (including phenoxy) is 5. The number of methoxy groups -OCH3 is 5. The van der Waals surface area contributed by atoms with Gasteiger partial charge in [-0.05, 0) is 48.4 Å². The molecule has 4 unspecified atom stereocenters. The number of hydrogen-bond acceptors (Lipinski definition) is 14. The Morgan fingerprint density at radius 3 is 1.71 bits per heavy atom. The fourth-order valence-corrected chi connectivity index (χ4v) is 6.27. The number of benzene rings is 1. The number of esters is 2. The molecule has 0 spiro atoms. The van der Waals surface area contributed by atoms with Gasteiger partial charge in [0.25, 0.3) is 0 Å². The van der Waals surface area contributed by atoms with Gasteiger partial charge in [-0.15, -0.1) is 0 Å². The van der Waals surface area contributed by atoms with Gasteiger partial charge in [0.1, 0.15) is 11.6 Å². The SMILES string of the molecule is COC(=O)C1CC(C)CN(c2ccnc(Cl)n2)C1.COC(=O)C1CC(C)CN(c2ccnc(Nc3cc(OC)c(OC)c(OC)c3)n2)C1. The molecular formula is C33H44ClN7O7. The van der Waals surface area contributed by atoms with Gasteiger partial charge in [-0.2, -0.15) is 4.98 Å². The number of nitrogens with one attached hydrogen (secondary N) is 1. The Balaban J connectivity index is 0.000000246. The van der Waals surface area contributed by atoms with E-state index in [-0.39, 0.29) is 29.1 Å². The van der Waals surface area contributed by atoms with Crippen LogP contribution in [0.3, 0.4) is 0 Å². The summed E-state index contributed by atoms with van der Waals surface area (Å²) in [4.78, 5) is 44.8. The summed E-state index contributed by atoms with van der Waals surface area (Å²) in [7, 11) is 7.53. The zero-order valence-electron chi connectivity index (χ0n) is 28.4. The highest BCUT2D eigenvalue weighted by Gasteiger charge is 2.32. The first-order valence-corrected chi connectivity index (χ1v) is 16.0. The third-order valence-corrected chi connectivity index (χ3v) is 8.39. The molecule has 0 bridgehead atoms. The molecule has 5 rings (SSSR count). The molecule has 14 nitrogen and oxygen atoms in total. The van der Waals surface area contributed by atoms with E-state index in [2.05, 4.69) is 48.9 Å². The van der Waals surface area contributed by atoms with Gasteiger partial charge in [0, 0.05) is 56.4 Å². The number of halogens is 1. The molecule has 48 heavy (non-hydrogen) atoms. The summed E-state index contributed by atoms with van der Waals surface area (Å²) in [5.41, 5.74) is 0.695.